The Hall–Kier alpha value is -3.03. The molecule has 29 heavy (non-hydrogen) atoms. The van der Waals surface area contributed by atoms with Crippen molar-refractivity contribution < 1.29 is 18.0 Å². The molecule has 2 N–H and O–H groups in total. The van der Waals surface area contributed by atoms with Crippen LogP contribution in [0.25, 0.3) is 0 Å². The lowest BCUT2D eigenvalue weighted by Gasteiger charge is -2.22. The molecule has 0 aromatic heterocycles. The lowest BCUT2D eigenvalue weighted by atomic mass is 10.1. The predicted octanol–water partition coefficient (Wildman–Crippen LogP) is 3.31. The predicted molar refractivity (Wildman–Crippen MR) is 108 cm³/mol. The Bertz CT molecular complexity index is 848. The van der Waals surface area contributed by atoms with E-state index in [9.17, 15) is 18.0 Å². The van der Waals surface area contributed by atoms with Crippen molar-refractivity contribution in [3.63, 3.8) is 0 Å². The molecule has 156 valence electrons. The summed E-state index contributed by atoms with van der Waals surface area (Å²) in [6.07, 6.45) is -3.64. The molecule has 0 aliphatic rings. The van der Waals surface area contributed by atoms with Gasteiger partial charge in [0, 0.05) is 39.8 Å². The summed E-state index contributed by atoms with van der Waals surface area (Å²) < 4.78 is 38.0. The van der Waals surface area contributed by atoms with Crippen molar-refractivity contribution >= 4 is 11.9 Å². The lowest BCUT2D eigenvalue weighted by Crippen LogP contribution is -2.39. The molecular weight excluding hydrogens is 381 g/mol. The zero-order valence-electron chi connectivity index (χ0n) is 16.7. The van der Waals surface area contributed by atoms with Crippen molar-refractivity contribution in [2.24, 2.45) is 4.99 Å². The molecule has 0 unspecified atom stereocenters. The van der Waals surface area contributed by atoms with Crippen LogP contribution in [0.1, 0.15) is 27.0 Å². The van der Waals surface area contributed by atoms with E-state index in [1.165, 1.54) is 12.1 Å². The maximum Gasteiger partial charge on any atom is 0.416 e. The van der Waals surface area contributed by atoms with Crippen molar-refractivity contribution in [1.82, 2.24) is 15.5 Å². The lowest BCUT2D eigenvalue weighted by molar-refractivity contribution is -0.137. The molecule has 2 aromatic carbocycles. The van der Waals surface area contributed by atoms with Crippen LogP contribution < -0.4 is 10.6 Å². The zero-order chi connectivity index (χ0) is 21.4. The number of carbonyl (C=O) groups excluding carboxylic acids is 1. The summed E-state index contributed by atoms with van der Waals surface area (Å²) in [5, 5.41) is 5.83. The van der Waals surface area contributed by atoms with Gasteiger partial charge in [-0.3, -0.25) is 9.79 Å². The quantitative estimate of drug-likeness (QED) is 0.572. The van der Waals surface area contributed by atoms with Gasteiger partial charge in [0.2, 0.25) is 0 Å². The molecule has 8 heteroatoms. The van der Waals surface area contributed by atoms with E-state index in [0.717, 1.165) is 23.3 Å². The Morgan fingerprint density at radius 2 is 1.79 bits per heavy atom. The second kappa shape index (κ2) is 9.95. The van der Waals surface area contributed by atoms with E-state index >= 15 is 0 Å². The molecule has 0 aliphatic carbocycles. The average molecular weight is 406 g/mol. The van der Waals surface area contributed by atoms with Crippen LogP contribution in [-0.4, -0.2) is 44.5 Å². The third kappa shape index (κ3) is 6.51. The summed E-state index contributed by atoms with van der Waals surface area (Å²) >= 11 is 0. The fraction of sp³-hybridized carbons (Fsp3) is 0.333. The van der Waals surface area contributed by atoms with Gasteiger partial charge >= 0.3 is 6.18 Å². The Morgan fingerprint density at radius 3 is 2.38 bits per heavy atom. The SMILES string of the molecule is CN=C(NCCc1cccc(C(=O)NC)c1)N(C)Cc1ccc(C(F)(F)F)cc1. The molecule has 0 radical (unpaired) electrons. The first-order chi connectivity index (χ1) is 13.7. The van der Waals surface area contributed by atoms with E-state index in [1.54, 1.807) is 20.2 Å². The standard InChI is InChI=1S/C21H25F3N4O/c1-25-19(29)17-6-4-5-15(13-17)11-12-27-20(26-2)28(3)14-16-7-9-18(10-8-16)21(22,23)24/h4-10,13H,11-12,14H2,1-3H3,(H,25,29)(H,26,27). The van der Waals surface area contributed by atoms with E-state index in [0.29, 0.717) is 31.0 Å². The number of alkyl halides is 3. The minimum Gasteiger partial charge on any atom is -0.356 e. The highest BCUT2D eigenvalue weighted by molar-refractivity contribution is 5.94. The Balaban J connectivity index is 1.90. The molecule has 2 aromatic rings. The van der Waals surface area contributed by atoms with Crippen LogP contribution in [0, 0.1) is 0 Å². The number of hydrogen-bond donors (Lipinski definition) is 2. The topological polar surface area (TPSA) is 56.7 Å². The van der Waals surface area contributed by atoms with Gasteiger partial charge < -0.3 is 15.5 Å². The number of amides is 1. The number of nitrogens with zero attached hydrogens (tertiary/aromatic N) is 2. The van der Waals surface area contributed by atoms with Crippen LogP contribution in [0.5, 0.6) is 0 Å². The summed E-state index contributed by atoms with van der Waals surface area (Å²) in [6.45, 7) is 1.02. The number of aliphatic imine (C=N–C) groups is 1. The second-order valence-corrected chi connectivity index (χ2v) is 6.55. The molecule has 2 rings (SSSR count). The smallest absolute Gasteiger partial charge is 0.356 e. The monoisotopic (exact) mass is 406 g/mol. The van der Waals surface area contributed by atoms with Gasteiger partial charge in [-0.1, -0.05) is 24.3 Å². The Labute approximate surface area is 168 Å². The molecule has 0 atom stereocenters. The fourth-order valence-corrected chi connectivity index (χ4v) is 2.86. The maximum atomic E-state index is 12.7. The summed E-state index contributed by atoms with van der Waals surface area (Å²) in [4.78, 5) is 17.8. The van der Waals surface area contributed by atoms with E-state index in [-0.39, 0.29) is 5.91 Å². The number of benzene rings is 2. The minimum absolute atomic E-state index is 0.133. The largest absolute Gasteiger partial charge is 0.416 e. The van der Waals surface area contributed by atoms with Crippen molar-refractivity contribution in [2.45, 2.75) is 19.1 Å². The molecule has 0 saturated heterocycles. The fourth-order valence-electron chi connectivity index (χ4n) is 2.86. The van der Waals surface area contributed by atoms with Gasteiger partial charge in [0.15, 0.2) is 5.96 Å². The normalized spacial score (nSPS) is 11.9. The third-order valence-corrected chi connectivity index (χ3v) is 4.39. The maximum absolute atomic E-state index is 12.7. The van der Waals surface area contributed by atoms with Gasteiger partial charge in [-0.25, -0.2) is 0 Å². The Morgan fingerprint density at radius 1 is 1.10 bits per heavy atom. The first-order valence-electron chi connectivity index (χ1n) is 9.13. The molecule has 1 amide bonds. The highest BCUT2D eigenvalue weighted by atomic mass is 19.4. The molecule has 0 fully saturated rings. The van der Waals surface area contributed by atoms with Crippen LogP contribution in [-0.2, 0) is 19.1 Å². The number of guanidine groups is 1. The van der Waals surface area contributed by atoms with Crippen LogP contribution in [0.4, 0.5) is 13.2 Å². The van der Waals surface area contributed by atoms with Gasteiger partial charge in [0.25, 0.3) is 5.91 Å². The molecular formula is C21H25F3N4O. The van der Waals surface area contributed by atoms with Crippen molar-refractivity contribution in [1.29, 1.82) is 0 Å². The van der Waals surface area contributed by atoms with Crippen molar-refractivity contribution in [3.8, 4) is 0 Å². The van der Waals surface area contributed by atoms with Crippen LogP contribution in [0.3, 0.4) is 0 Å². The molecule has 5 nitrogen and oxygen atoms in total. The van der Waals surface area contributed by atoms with E-state index in [4.69, 9.17) is 0 Å². The average Bonchev–Trinajstić information content (AvgIpc) is 2.70. The van der Waals surface area contributed by atoms with Crippen LogP contribution in [0.15, 0.2) is 53.5 Å². The summed E-state index contributed by atoms with van der Waals surface area (Å²) in [7, 11) is 5.06. The molecule has 0 aliphatic heterocycles. The molecule has 0 saturated carbocycles. The number of carbonyl (C=O) groups is 1. The molecule has 0 spiro atoms. The van der Waals surface area contributed by atoms with E-state index in [2.05, 4.69) is 15.6 Å². The van der Waals surface area contributed by atoms with E-state index < -0.39 is 11.7 Å². The van der Waals surface area contributed by atoms with Crippen molar-refractivity contribution in [2.75, 3.05) is 27.7 Å². The van der Waals surface area contributed by atoms with Crippen LogP contribution in [0.2, 0.25) is 0 Å². The minimum atomic E-state index is -4.34. The number of rotatable bonds is 6. The molecule has 0 heterocycles. The third-order valence-electron chi connectivity index (χ3n) is 4.39. The van der Waals surface area contributed by atoms with Gasteiger partial charge in [-0.2, -0.15) is 13.2 Å². The first kappa shape index (κ1) is 22.3. The van der Waals surface area contributed by atoms with Crippen molar-refractivity contribution in [3.05, 3.63) is 70.8 Å². The number of hydrogen-bond acceptors (Lipinski definition) is 2. The van der Waals surface area contributed by atoms with Gasteiger partial charge in [0.05, 0.1) is 5.56 Å². The van der Waals surface area contributed by atoms with Crippen LogP contribution >= 0.6 is 0 Å². The number of nitrogens with one attached hydrogen (secondary N) is 2. The van der Waals surface area contributed by atoms with Gasteiger partial charge in [-0.05, 0) is 41.8 Å². The highest BCUT2D eigenvalue weighted by Crippen LogP contribution is 2.29. The summed E-state index contributed by atoms with van der Waals surface area (Å²) in [6, 6.07) is 12.5. The van der Waals surface area contributed by atoms with E-state index in [1.807, 2.05) is 30.1 Å². The summed E-state index contributed by atoms with van der Waals surface area (Å²) in [5.74, 6) is 0.499. The molecule has 0 bridgehead atoms. The summed E-state index contributed by atoms with van der Waals surface area (Å²) in [5.41, 5.74) is 1.71. The zero-order valence-corrected chi connectivity index (χ0v) is 16.7. The second-order valence-electron chi connectivity index (χ2n) is 6.55. The highest BCUT2D eigenvalue weighted by Gasteiger charge is 2.29. The number of halogens is 3. The van der Waals surface area contributed by atoms with Gasteiger partial charge in [-0.15, -0.1) is 0 Å². The first-order valence-corrected chi connectivity index (χ1v) is 9.13. The van der Waals surface area contributed by atoms with Gasteiger partial charge in [0.1, 0.15) is 0 Å². The Kier molecular flexibility index (Phi) is 7.64.